The second kappa shape index (κ2) is 6.23. The summed E-state index contributed by atoms with van der Waals surface area (Å²) in [6, 6.07) is 20.4. The first kappa shape index (κ1) is 16.7. The molecule has 0 unspecified atom stereocenters. The highest BCUT2D eigenvalue weighted by Crippen LogP contribution is 2.45. The van der Waals surface area contributed by atoms with Gasteiger partial charge in [0.25, 0.3) is 0 Å². The van der Waals surface area contributed by atoms with Gasteiger partial charge in [-0.15, -0.1) is 0 Å². The third-order valence-corrected chi connectivity index (χ3v) is 4.21. The molecule has 0 aromatic heterocycles. The molecule has 2 heteroatoms. The summed E-state index contributed by atoms with van der Waals surface area (Å²) in [4.78, 5) is 0. The summed E-state index contributed by atoms with van der Waals surface area (Å²) in [5.41, 5.74) is 7.47. The van der Waals surface area contributed by atoms with Crippen LogP contribution in [0.2, 0.25) is 0 Å². The Morgan fingerprint density at radius 2 is 1.09 bits per heavy atom. The average Bonchev–Trinajstić information content (AvgIpc) is 2.44. The summed E-state index contributed by atoms with van der Waals surface area (Å²) in [7, 11) is 0. The molecule has 2 nitrogen and oxygen atoms in total. The molecule has 0 heterocycles. The van der Waals surface area contributed by atoms with Crippen LogP contribution < -0.4 is 5.73 Å². The predicted molar refractivity (Wildman–Crippen MR) is 92.9 cm³/mol. The molecule has 0 aliphatic rings. The normalized spacial score (nSPS) is 15.4. The van der Waals surface area contributed by atoms with Crippen molar-refractivity contribution in [2.24, 2.45) is 5.73 Å². The maximum absolute atomic E-state index is 10.9. The van der Waals surface area contributed by atoms with Gasteiger partial charge in [0.2, 0.25) is 0 Å². The molecule has 3 N–H and O–H groups in total. The van der Waals surface area contributed by atoms with E-state index in [0.29, 0.717) is 0 Å². The molecule has 0 saturated carbocycles. The van der Waals surface area contributed by atoms with E-state index in [2.05, 4.69) is 24.3 Å². The number of rotatable bonds is 5. The van der Waals surface area contributed by atoms with Crippen molar-refractivity contribution in [3.8, 4) is 0 Å². The van der Waals surface area contributed by atoms with E-state index in [1.807, 2.05) is 64.1 Å². The highest BCUT2D eigenvalue weighted by molar-refractivity contribution is 5.33. The molecule has 2 atom stereocenters. The Morgan fingerprint density at radius 3 is 1.41 bits per heavy atom. The zero-order chi connectivity index (χ0) is 16.4. The molecule has 2 rings (SSSR count). The standard InChI is InChI=1S/C20H27NO/c1-19(2,21)17(15-11-7-5-8-12-15)18(20(3,4)22)16-13-9-6-10-14-16/h5-14,17-18,22H,21H2,1-4H3/t17-,18+/m0/s1. The van der Waals surface area contributed by atoms with Crippen LogP contribution in [-0.4, -0.2) is 16.2 Å². The number of benzene rings is 2. The van der Waals surface area contributed by atoms with E-state index >= 15 is 0 Å². The lowest BCUT2D eigenvalue weighted by Crippen LogP contribution is -2.47. The summed E-state index contributed by atoms with van der Waals surface area (Å²) in [6.07, 6.45) is 0. The van der Waals surface area contributed by atoms with Gasteiger partial charge < -0.3 is 10.8 Å². The Bertz CT molecular complexity index is 523. The van der Waals surface area contributed by atoms with Crippen LogP contribution in [0.15, 0.2) is 60.7 Å². The lowest BCUT2D eigenvalue weighted by Gasteiger charge is -2.43. The predicted octanol–water partition coefficient (Wildman–Crippen LogP) is 4.06. The molecule has 0 aliphatic heterocycles. The van der Waals surface area contributed by atoms with Crippen molar-refractivity contribution in [2.45, 2.75) is 50.7 Å². The van der Waals surface area contributed by atoms with E-state index in [1.54, 1.807) is 0 Å². The van der Waals surface area contributed by atoms with E-state index in [0.717, 1.165) is 11.1 Å². The maximum atomic E-state index is 10.9. The molecular formula is C20H27NO. The Labute approximate surface area is 134 Å². The summed E-state index contributed by atoms with van der Waals surface area (Å²) < 4.78 is 0. The maximum Gasteiger partial charge on any atom is 0.0666 e. The first-order valence-electron chi connectivity index (χ1n) is 7.82. The smallest absolute Gasteiger partial charge is 0.0666 e. The van der Waals surface area contributed by atoms with E-state index in [-0.39, 0.29) is 11.8 Å². The Hall–Kier alpha value is -1.64. The Balaban J connectivity index is 2.60. The molecule has 0 amide bonds. The zero-order valence-corrected chi connectivity index (χ0v) is 14.0. The van der Waals surface area contributed by atoms with Crippen LogP contribution >= 0.6 is 0 Å². The fourth-order valence-corrected chi connectivity index (χ4v) is 3.38. The van der Waals surface area contributed by atoms with Gasteiger partial charge in [0.05, 0.1) is 5.60 Å². The fraction of sp³-hybridized carbons (Fsp3) is 0.400. The van der Waals surface area contributed by atoms with Gasteiger partial charge in [0.15, 0.2) is 0 Å². The number of nitrogens with two attached hydrogens (primary N) is 1. The lowest BCUT2D eigenvalue weighted by molar-refractivity contribution is 0.0301. The molecule has 0 bridgehead atoms. The monoisotopic (exact) mass is 297 g/mol. The second-order valence-electron chi connectivity index (χ2n) is 7.25. The van der Waals surface area contributed by atoms with Crippen molar-refractivity contribution in [2.75, 3.05) is 0 Å². The van der Waals surface area contributed by atoms with Crippen molar-refractivity contribution >= 4 is 0 Å². The molecule has 2 aromatic rings. The van der Waals surface area contributed by atoms with Gasteiger partial charge in [-0.25, -0.2) is 0 Å². The highest BCUT2D eigenvalue weighted by Gasteiger charge is 2.42. The zero-order valence-electron chi connectivity index (χ0n) is 14.0. The van der Waals surface area contributed by atoms with Gasteiger partial charge in [0, 0.05) is 17.4 Å². The largest absolute Gasteiger partial charge is 0.390 e. The third-order valence-electron chi connectivity index (χ3n) is 4.21. The lowest BCUT2D eigenvalue weighted by atomic mass is 9.66. The van der Waals surface area contributed by atoms with Crippen LogP contribution in [-0.2, 0) is 0 Å². The van der Waals surface area contributed by atoms with Crippen molar-refractivity contribution in [3.05, 3.63) is 71.8 Å². The van der Waals surface area contributed by atoms with E-state index in [9.17, 15) is 5.11 Å². The Morgan fingerprint density at radius 1 is 0.727 bits per heavy atom. The highest BCUT2D eigenvalue weighted by atomic mass is 16.3. The quantitative estimate of drug-likeness (QED) is 0.874. The minimum absolute atomic E-state index is 0.0103. The van der Waals surface area contributed by atoms with Gasteiger partial charge >= 0.3 is 0 Å². The van der Waals surface area contributed by atoms with E-state index < -0.39 is 11.1 Å². The fourth-order valence-electron chi connectivity index (χ4n) is 3.38. The van der Waals surface area contributed by atoms with Crippen molar-refractivity contribution < 1.29 is 5.11 Å². The SMILES string of the molecule is CC(C)(N)[C@@H](c1ccccc1)[C@@H](c1ccccc1)C(C)(C)O. The topological polar surface area (TPSA) is 46.2 Å². The van der Waals surface area contributed by atoms with Gasteiger partial charge in [-0.2, -0.15) is 0 Å². The molecule has 0 spiro atoms. The Kier molecular flexibility index (Phi) is 4.74. The average molecular weight is 297 g/mol. The number of aliphatic hydroxyl groups is 1. The van der Waals surface area contributed by atoms with Crippen LogP contribution in [0.25, 0.3) is 0 Å². The number of hydrogen-bond acceptors (Lipinski definition) is 2. The van der Waals surface area contributed by atoms with Crippen LogP contribution in [0.1, 0.15) is 50.7 Å². The van der Waals surface area contributed by atoms with Gasteiger partial charge in [-0.1, -0.05) is 60.7 Å². The number of hydrogen-bond donors (Lipinski definition) is 2. The van der Waals surface area contributed by atoms with Gasteiger partial charge in [-0.3, -0.25) is 0 Å². The summed E-state index contributed by atoms with van der Waals surface area (Å²) >= 11 is 0. The van der Waals surface area contributed by atoms with Crippen molar-refractivity contribution in [1.82, 2.24) is 0 Å². The van der Waals surface area contributed by atoms with Gasteiger partial charge in [-0.05, 0) is 38.8 Å². The minimum atomic E-state index is -0.876. The summed E-state index contributed by atoms with van der Waals surface area (Å²) in [6.45, 7) is 7.80. The first-order valence-corrected chi connectivity index (χ1v) is 7.82. The van der Waals surface area contributed by atoms with Crippen LogP contribution in [0.3, 0.4) is 0 Å². The van der Waals surface area contributed by atoms with Crippen LogP contribution in [0, 0.1) is 0 Å². The second-order valence-corrected chi connectivity index (χ2v) is 7.25. The van der Waals surface area contributed by atoms with Gasteiger partial charge in [0.1, 0.15) is 0 Å². The molecule has 0 aliphatic carbocycles. The molecule has 2 aromatic carbocycles. The molecule has 0 saturated heterocycles. The minimum Gasteiger partial charge on any atom is -0.390 e. The first-order chi connectivity index (χ1) is 10.2. The van der Waals surface area contributed by atoms with E-state index in [1.165, 1.54) is 0 Å². The van der Waals surface area contributed by atoms with Crippen LogP contribution in [0.4, 0.5) is 0 Å². The molecule has 22 heavy (non-hydrogen) atoms. The van der Waals surface area contributed by atoms with E-state index in [4.69, 9.17) is 5.73 Å². The molecule has 0 fully saturated rings. The summed E-state index contributed by atoms with van der Waals surface area (Å²) in [5, 5.41) is 10.9. The van der Waals surface area contributed by atoms with Crippen molar-refractivity contribution in [3.63, 3.8) is 0 Å². The van der Waals surface area contributed by atoms with Crippen LogP contribution in [0.5, 0.6) is 0 Å². The van der Waals surface area contributed by atoms with Crippen molar-refractivity contribution in [1.29, 1.82) is 0 Å². The third kappa shape index (κ3) is 3.76. The molecule has 118 valence electrons. The molecule has 0 radical (unpaired) electrons. The molecular weight excluding hydrogens is 270 g/mol. The summed E-state index contributed by atoms with van der Waals surface area (Å²) in [5.74, 6) is -0.0767.